The van der Waals surface area contributed by atoms with E-state index in [1.165, 1.54) is 6.07 Å². The first-order chi connectivity index (χ1) is 4.22. The number of rotatable bonds is 0. The van der Waals surface area contributed by atoms with Gasteiger partial charge in [-0.1, -0.05) is 6.07 Å². The molecule has 1 nitrogen and oxygen atoms in total. The van der Waals surface area contributed by atoms with Crippen molar-refractivity contribution in [2.45, 2.75) is 4.90 Å². The predicted octanol–water partition coefficient (Wildman–Crippen LogP) is 1.54. The predicted molar refractivity (Wildman–Crippen MR) is 46.0 cm³/mol. The van der Waals surface area contributed by atoms with Gasteiger partial charge in [0.05, 0.1) is 4.90 Å². The number of benzene rings is 1. The van der Waals surface area contributed by atoms with Gasteiger partial charge >= 0.3 is 48.9 Å². The molecule has 0 saturated carbocycles. The Morgan fingerprint density at radius 3 is 2.50 bits per heavy atom. The summed E-state index contributed by atoms with van der Waals surface area (Å²) >= 11 is 3.81. The topological polar surface area (TPSA) is 26.0 Å². The molecule has 0 unspecified atom stereocenters. The quantitative estimate of drug-likeness (QED) is 0.421. The summed E-state index contributed by atoms with van der Waals surface area (Å²) in [5, 5.41) is 0. The fraction of sp³-hybridized carbons (Fsp3) is 0. The number of halogens is 1. The van der Waals surface area contributed by atoms with Gasteiger partial charge in [-0.2, -0.15) is 0 Å². The van der Waals surface area contributed by atoms with Crippen molar-refractivity contribution in [3.05, 3.63) is 24.0 Å². The van der Waals surface area contributed by atoms with E-state index in [-0.39, 0.29) is 62.4 Å². The number of hydrogen-bond donors (Lipinski definition) is 2. The average molecular weight is 283 g/mol. The van der Waals surface area contributed by atoms with Gasteiger partial charge in [-0.25, -0.2) is 4.39 Å². The number of hydrogen-bond acceptors (Lipinski definition) is 2. The monoisotopic (exact) mass is 283 g/mol. The molecule has 1 aromatic rings. The van der Waals surface area contributed by atoms with Crippen LogP contribution in [0, 0.1) is 5.82 Å². The van der Waals surface area contributed by atoms with Crippen LogP contribution < -0.4 is 5.73 Å². The number of thiol groups is 1. The average Bonchev–Trinajstić information content (AvgIpc) is 1.83. The molecular weight excluding hydrogens is 274 g/mol. The van der Waals surface area contributed by atoms with Gasteiger partial charge in [0.25, 0.3) is 0 Å². The van der Waals surface area contributed by atoms with Crippen LogP contribution in [0.3, 0.4) is 0 Å². The smallest absolute Gasteiger partial charge is 1.00 e. The summed E-state index contributed by atoms with van der Waals surface area (Å²) in [6.45, 7) is 0. The second-order valence-electron chi connectivity index (χ2n) is 1.68. The van der Waals surface area contributed by atoms with Gasteiger partial charge in [-0.15, -0.1) is 12.6 Å². The molecule has 10 heavy (non-hydrogen) atoms. The summed E-state index contributed by atoms with van der Waals surface area (Å²) in [7, 11) is 0. The van der Waals surface area contributed by atoms with Crippen LogP contribution in [0.2, 0.25) is 0 Å². The van der Waals surface area contributed by atoms with Gasteiger partial charge in [-0.05, 0) is 12.1 Å². The minimum Gasteiger partial charge on any atom is -1.00 e. The maximum absolute atomic E-state index is 12.4. The zero-order chi connectivity index (χ0) is 6.85. The summed E-state index contributed by atoms with van der Waals surface area (Å²) in [5.74, 6) is -0.377. The maximum Gasteiger partial charge on any atom is 2.00 e. The third-order valence-electron chi connectivity index (χ3n) is 1.02. The molecule has 0 atom stereocenters. The second kappa shape index (κ2) is 4.69. The molecule has 0 aliphatic heterocycles. The van der Waals surface area contributed by atoms with Crippen LogP contribution in [-0.4, -0.2) is 48.9 Å². The Morgan fingerprint density at radius 2 is 2.10 bits per heavy atom. The normalized spacial score (nSPS) is 8.60. The Labute approximate surface area is 108 Å². The van der Waals surface area contributed by atoms with E-state index < -0.39 is 0 Å². The Balaban J connectivity index is -0.000000270. The summed E-state index contributed by atoms with van der Waals surface area (Å²) in [5.41, 5.74) is 5.68. The molecule has 0 saturated heterocycles. The van der Waals surface area contributed by atoms with Crippen LogP contribution in [0.15, 0.2) is 23.1 Å². The van der Waals surface area contributed by atoms with E-state index in [2.05, 4.69) is 12.6 Å². The van der Waals surface area contributed by atoms with Crippen molar-refractivity contribution < 1.29 is 7.24 Å². The van der Waals surface area contributed by atoms with Gasteiger partial charge in [0.2, 0.25) is 0 Å². The number of anilines is 1. The van der Waals surface area contributed by atoms with E-state index >= 15 is 0 Å². The molecule has 0 bridgehead atoms. The standard InChI is InChI=1S/C6H6FNS.Ba.2H/c7-4-2-1-3-5(8)6(4)9;;;/h1-3,9H,8H2;;;/q;+2;2*-1. The first kappa shape index (κ1) is 10.9. The Kier molecular flexibility index (Phi) is 5.10. The molecule has 0 aromatic heterocycles. The number of nitrogen functional groups attached to an aromatic ring is 1. The molecule has 0 aliphatic carbocycles. The molecule has 0 heterocycles. The van der Waals surface area contributed by atoms with E-state index in [0.29, 0.717) is 5.69 Å². The third kappa shape index (κ3) is 2.49. The summed E-state index contributed by atoms with van der Waals surface area (Å²) in [6, 6.07) is 4.47. The van der Waals surface area contributed by atoms with Crippen molar-refractivity contribution in [2.75, 3.05) is 5.73 Å². The van der Waals surface area contributed by atoms with Crippen LogP contribution >= 0.6 is 12.6 Å². The van der Waals surface area contributed by atoms with E-state index in [1.807, 2.05) is 0 Å². The molecule has 1 rings (SSSR count). The van der Waals surface area contributed by atoms with Crippen molar-refractivity contribution in [3.8, 4) is 0 Å². The molecule has 52 valence electrons. The molecule has 1 aromatic carbocycles. The zero-order valence-corrected chi connectivity index (χ0v) is 10.7. The van der Waals surface area contributed by atoms with Crippen LogP contribution in [-0.2, 0) is 0 Å². The molecule has 0 fully saturated rings. The Bertz CT molecular complexity index is 217. The first-order valence-corrected chi connectivity index (χ1v) is 2.89. The van der Waals surface area contributed by atoms with E-state index in [1.54, 1.807) is 12.1 Å². The third-order valence-corrected chi connectivity index (χ3v) is 1.49. The molecule has 4 heteroatoms. The number of nitrogens with two attached hydrogens (primary N) is 1. The van der Waals surface area contributed by atoms with Crippen molar-refractivity contribution >= 4 is 67.2 Å². The van der Waals surface area contributed by atoms with E-state index in [4.69, 9.17) is 5.73 Å². The summed E-state index contributed by atoms with van der Waals surface area (Å²) < 4.78 is 12.4. The van der Waals surface area contributed by atoms with Crippen LogP contribution in [0.1, 0.15) is 2.85 Å². The largest absolute Gasteiger partial charge is 2.00 e. The fourth-order valence-electron chi connectivity index (χ4n) is 0.532. The molecule has 0 amide bonds. The molecule has 0 spiro atoms. The fourth-order valence-corrected chi connectivity index (χ4v) is 0.681. The van der Waals surface area contributed by atoms with Crippen molar-refractivity contribution in [3.63, 3.8) is 0 Å². The van der Waals surface area contributed by atoms with Gasteiger partial charge in [-0.3, -0.25) is 0 Å². The Morgan fingerprint density at radius 1 is 1.50 bits per heavy atom. The second-order valence-corrected chi connectivity index (χ2v) is 2.12. The van der Waals surface area contributed by atoms with E-state index in [9.17, 15) is 4.39 Å². The summed E-state index contributed by atoms with van der Waals surface area (Å²) in [4.78, 5) is 0.220. The minimum atomic E-state index is -0.377. The van der Waals surface area contributed by atoms with Gasteiger partial charge in [0.15, 0.2) is 0 Å². The molecule has 0 aliphatic rings. The van der Waals surface area contributed by atoms with Crippen molar-refractivity contribution in [2.24, 2.45) is 0 Å². The minimum absolute atomic E-state index is 0. The SMILES string of the molecule is Nc1cccc(F)c1S.[Ba+2].[H-].[H-]. The summed E-state index contributed by atoms with van der Waals surface area (Å²) in [6.07, 6.45) is 0. The molecule has 2 N–H and O–H groups in total. The van der Waals surface area contributed by atoms with Gasteiger partial charge < -0.3 is 8.59 Å². The van der Waals surface area contributed by atoms with Crippen LogP contribution in [0.5, 0.6) is 0 Å². The Hall–Kier alpha value is 0.871. The van der Waals surface area contributed by atoms with E-state index in [0.717, 1.165) is 0 Å². The first-order valence-electron chi connectivity index (χ1n) is 2.45. The van der Waals surface area contributed by atoms with Gasteiger partial charge in [0.1, 0.15) is 5.82 Å². The van der Waals surface area contributed by atoms with Gasteiger partial charge in [0, 0.05) is 5.69 Å². The molecular formula is C6H8BaFNS. The van der Waals surface area contributed by atoms with Crippen LogP contribution in [0.25, 0.3) is 0 Å². The molecule has 0 radical (unpaired) electrons. The van der Waals surface area contributed by atoms with Crippen molar-refractivity contribution in [1.82, 2.24) is 0 Å². The van der Waals surface area contributed by atoms with Crippen molar-refractivity contribution in [1.29, 1.82) is 0 Å². The van der Waals surface area contributed by atoms with Crippen LogP contribution in [0.4, 0.5) is 10.1 Å². The maximum atomic E-state index is 12.4. The zero-order valence-electron chi connectivity index (χ0n) is 7.34.